The number of hydrogen-bond acceptors (Lipinski definition) is 5. The third-order valence-electron chi connectivity index (χ3n) is 6.34. The molecule has 1 heterocycles. The molecule has 0 fully saturated rings. The van der Waals surface area contributed by atoms with E-state index in [1.54, 1.807) is 14.2 Å². The number of ketones is 1. The van der Waals surface area contributed by atoms with Crippen molar-refractivity contribution in [1.29, 1.82) is 0 Å². The fraction of sp³-hybridized carbons (Fsp3) is 0.250. The SMILES string of the molecule is COc1cc2c(cc1OC)[C@H](c1cccc(OCc3ccccc3)c1)C1=C(CCCC1=O)N2. The van der Waals surface area contributed by atoms with Crippen LogP contribution in [0.2, 0.25) is 0 Å². The molecule has 33 heavy (non-hydrogen) atoms. The van der Waals surface area contributed by atoms with Gasteiger partial charge in [0.25, 0.3) is 0 Å². The van der Waals surface area contributed by atoms with Gasteiger partial charge in [-0.3, -0.25) is 4.79 Å². The van der Waals surface area contributed by atoms with Gasteiger partial charge in [-0.2, -0.15) is 0 Å². The molecule has 3 aromatic carbocycles. The number of fused-ring (bicyclic) bond motifs is 1. The molecule has 5 heteroatoms. The van der Waals surface area contributed by atoms with Gasteiger partial charge in [-0.25, -0.2) is 0 Å². The molecule has 2 aliphatic rings. The predicted molar refractivity (Wildman–Crippen MR) is 128 cm³/mol. The summed E-state index contributed by atoms with van der Waals surface area (Å²) in [6, 6.07) is 22.1. The molecule has 0 spiro atoms. The number of anilines is 1. The second-order valence-electron chi connectivity index (χ2n) is 8.37. The van der Waals surface area contributed by atoms with Gasteiger partial charge in [0.2, 0.25) is 0 Å². The van der Waals surface area contributed by atoms with Crippen LogP contribution in [0.25, 0.3) is 0 Å². The molecule has 0 aromatic heterocycles. The Balaban J connectivity index is 1.57. The molecule has 1 aliphatic heterocycles. The van der Waals surface area contributed by atoms with Crippen LogP contribution in [0.4, 0.5) is 5.69 Å². The molecule has 168 valence electrons. The van der Waals surface area contributed by atoms with Gasteiger partial charge in [0, 0.05) is 35.4 Å². The van der Waals surface area contributed by atoms with Crippen LogP contribution >= 0.6 is 0 Å². The van der Waals surface area contributed by atoms with Gasteiger partial charge in [0.15, 0.2) is 17.3 Å². The Labute approximate surface area is 194 Å². The topological polar surface area (TPSA) is 56.8 Å². The van der Waals surface area contributed by atoms with Crippen LogP contribution in [-0.4, -0.2) is 20.0 Å². The summed E-state index contributed by atoms with van der Waals surface area (Å²) in [7, 11) is 3.26. The smallest absolute Gasteiger partial charge is 0.162 e. The van der Waals surface area contributed by atoms with Gasteiger partial charge in [-0.05, 0) is 47.7 Å². The molecule has 0 radical (unpaired) electrons. The Morgan fingerprint density at radius 1 is 0.909 bits per heavy atom. The minimum absolute atomic E-state index is 0.191. The Kier molecular flexibility index (Phi) is 5.78. The maximum absolute atomic E-state index is 13.1. The van der Waals surface area contributed by atoms with Crippen LogP contribution in [0.15, 0.2) is 78.0 Å². The molecule has 1 N–H and O–H groups in total. The highest BCUT2D eigenvalue weighted by atomic mass is 16.5. The van der Waals surface area contributed by atoms with Crippen molar-refractivity contribution in [1.82, 2.24) is 0 Å². The number of carbonyl (C=O) groups excluding carboxylic acids is 1. The van der Waals surface area contributed by atoms with Crippen molar-refractivity contribution in [2.75, 3.05) is 19.5 Å². The number of nitrogens with one attached hydrogen (secondary N) is 1. The molecule has 0 saturated carbocycles. The number of Topliss-reactive ketones (excluding diaryl/α,β-unsaturated/α-hetero) is 1. The Bertz CT molecular complexity index is 1220. The molecule has 0 amide bonds. The molecular formula is C28H27NO4. The number of methoxy groups -OCH3 is 2. The average molecular weight is 442 g/mol. The van der Waals surface area contributed by atoms with E-state index in [1.807, 2.05) is 60.7 Å². The molecule has 1 atom stereocenters. The van der Waals surface area contributed by atoms with Crippen molar-refractivity contribution in [3.63, 3.8) is 0 Å². The van der Waals surface area contributed by atoms with Gasteiger partial charge < -0.3 is 19.5 Å². The van der Waals surface area contributed by atoms with E-state index in [-0.39, 0.29) is 11.7 Å². The normalized spacial score (nSPS) is 17.0. The van der Waals surface area contributed by atoms with E-state index >= 15 is 0 Å². The molecule has 5 rings (SSSR count). The van der Waals surface area contributed by atoms with E-state index in [0.29, 0.717) is 24.5 Å². The minimum atomic E-state index is -0.191. The molecular weight excluding hydrogens is 414 g/mol. The molecule has 5 nitrogen and oxygen atoms in total. The van der Waals surface area contributed by atoms with Gasteiger partial charge in [-0.15, -0.1) is 0 Å². The summed E-state index contributed by atoms with van der Waals surface area (Å²) in [5, 5.41) is 3.51. The minimum Gasteiger partial charge on any atom is -0.493 e. The van der Waals surface area contributed by atoms with Crippen molar-refractivity contribution < 1.29 is 19.0 Å². The van der Waals surface area contributed by atoms with Crippen LogP contribution in [0, 0.1) is 0 Å². The lowest BCUT2D eigenvalue weighted by Gasteiger charge is -2.34. The van der Waals surface area contributed by atoms with E-state index in [9.17, 15) is 4.79 Å². The summed E-state index contributed by atoms with van der Waals surface area (Å²) in [4.78, 5) is 13.1. The number of hydrogen-bond donors (Lipinski definition) is 1. The maximum Gasteiger partial charge on any atom is 0.162 e. The first-order valence-corrected chi connectivity index (χ1v) is 11.2. The average Bonchev–Trinajstić information content (AvgIpc) is 2.86. The van der Waals surface area contributed by atoms with Crippen LogP contribution in [-0.2, 0) is 11.4 Å². The van der Waals surface area contributed by atoms with Crippen molar-refractivity contribution in [3.8, 4) is 17.2 Å². The standard InChI is InChI=1S/C28H27NO4/c1-31-25-15-21-23(16-26(25)32-2)29-22-12-7-13-24(30)28(22)27(21)19-10-6-11-20(14-19)33-17-18-8-4-3-5-9-18/h3-6,8-11,14-16,27,29H,7,12-13,17H2,1-2H3/t27-/m0/s1. The summed E-state index contributed by atoms with van der Waals surface area (Å²) in [6.45, 7) is 0.491. The summed E-state index contributed by atoms with van der Waals surface area (Å²) in [6.07, 6.45) is 2.29. The van der Waals surface area contributed by atoms with Crippen LogP contribution in [0.5, 0.6) is 17.2 Å². The first kappa shape index (κ1) is 21.1. The molecule has 3 aromatic rings. The number of allylic oxidation sites excluding steroid dienone is 2. The monoisotopic (exact) mass is 441 g/mol. The zero-order valence-electron chi connectivity index (χ0n) is 18.9. The largest absolute Gasteiger partial charge is 0.493 e. The highest BCUT2D eigenvalue weighted by Gasteiger charge is 2.36. The van der Waals surface area contributed by atoms with Gasteiger partial charge in [0.05, 0.1) is 14.2 Å². The second-order valence-corrected chi connectivity index (χ2v) is 8.37. The van der Waals surface area contributed by atoms with E-state index < -0.39 is 0 Å². The Morgan fingerprint density at radius 2 is 1.70 bits per heavy atom. The summed E-state index contributed by atoms with van der Waals surface area (Å²) in [5.41, 5.74) is 5.94. The fourth-order valence-electron chi connectivity index (χ4n) is 4.76. The Morgan fingerprint density at radius 3 is 2.48 bits per heavy atom. The van der Waals surface area contributed by atoms with Crippen molar-refractivity contribution in [2.24, 2.45) is 0 Å². The zero-order chi connectivity index (χ0) is 22.8. The first-order chi connectivity index (χ1) is 16.2. The Hall–Kier alpha value is -3.73. The van der Waals surface area contributed by atoms with Gasteiger partial charge in [0.1, 0.15) is 12.4 Å². The van der Waals surface area contributed by atoms with E-state index in [0.717, 1.165) is 52.2 Å². The highest BCUT2D eigenvalue weighted by molar-refractivity contribution is 6.01. The summed E-state index contributed by atoms with van der Waals surface area (Å²) < 4.78 is 17.2. The maximum atomic E-state index is 13.1. The molecule has 1 aliphatic carbocycles. The molecule has 0 bridgehead atoms. The van der Waals surface area contributed by atoms with E-state index in [1.165, 1.54) is 0 Å². The van der Waals surface area contributed by atoms with Crippen molar-refractivity contribution in [2.45, 2.75) is 31.8 Å². The fourth-order valence-corrected chi connectivity index (χ4v) is 4.76. The lowest BCUT2D eigenvalue weighted by atomic mass is 9.75. The highest BCUT2D eigenvalue weighted by Crippen LogP contribution is 2.48. The lowest BCUT2D eigenvalue weighted by molar-refractivity contribution is -0.116. The number of carbonyl (C=O) groups is 1. The van der Waals surface area contributed by atoms with E-state index in [2.05, 4.69) is 11.4 Å². The summed E-state index contributed by atoms with van der Waals surface area (Å²) >= 11 is 0. The first-order valence-electron chi connectivity index (χ1n) is 11.2. The van der Waals surface area contributed by atoms with Crippen molar-refractivity contribution >= 4 is 11.5 Å². The van der Waals surface area contributed by atoms with Gasteiger partial charge >= 0.3 is 0 Å². The zero-order valence-corrected chi connectivity index (χ0v) is 18.9. The third-order valence-corrected chi connectivity index (χ3v) is 6.34. The predicted octanol–water partition coefficient (Wildman–Crippen LogP) is 5.85. The third kappa shape index (κ3) is 4.07. The van der Waals surface area contributed by atoms with Crippen LogP contribution in [0.3, 0.4) is 0 Å². The number of ether oxygens (including phenoxy) is 3. The summed E-state index contributed by atoms with van der Waals surface area (Å²) in [5.74, 6) is 2.09. The van der Waals surface area contributed by atoms with Crippen molar-refractivity contribution in [3.05, 3.63) is 94.7 Å². The number of rotatable bonds is 6. The van der Waals surface area contributed by atoms with Crippen LogP contribution < -0.4 is 19.5 Å². The quantitative estimate of drug-likeness (QED) is 0.520. The second kappa shape index (κ2) is 9.02. The van der Waals surface area contributed by atoms with E-state index in [4.69, 9.17) is 14.2 Å². The lowest BCUT2D eigenvalue weighted by Crippen LogP contribution is -2.27. The number of benzene rings is 3. The molecule has 0 unspecified atom stereocenters. The molecule has 0 saturated heterocycles. The van der Waals surface area contributed by atoms with Gasteiger partial charge in [-0.1, -0.05) is 42.5 Å². The van der Waals surface area contributed by atoms with Crippen LogP contribution in [0.1, 0.15) is 41.9 Å².